The SMILES string of the molecule is CC1(c2ccc(Cl)cn2)Oc2cccc(C3[C@H]4CN(C(=O)O)C[C@@H]34)c2O1. The maximum atomic E-state index is 11.1. The number of benzene rings is 1. The van der Waals surface area contributed by atoms with Crippen molar-refractivity contribution < 1.29 is 19.4 Å². The molecule has 1 N–H and O–H groups in total. The van der Waals surface area contributed by atoms with Crippen LogP contribution in [0.5, 0.6) is 11.5 Å². The van der Waals surface area contributed by atoms with E-state index in [2.05, 4.69) is 11.1 Å². The van der Waals surface area contributed by atoms with Crippen LogP contribution in [0.2, 0.25) is 5.02 Å². The zero-order chi connectivity index (χ0) is 18.1. The molecule has 0 radical (unpaired) electrons. The Morgan fingerprint density at radius 2 is 2.04 bits per heavy atom. The molecule has 0 bridgehead atoms. The highest BCUT2D eigenvalue weighted by molar-refractivity contribution is 6.30. The van der Waals surface area contributed by atoms with Gasteiger partial charge in [0.15, 0.2) is 11.5 Å². The van der Waals surface area contributed by atoms with E-state index in [0.29, 0.717) is 47.3 Å². The van der Waals surface area contributed by atoms with Gasteiger partial charge >= 0.3 is 6.09 Å². The maximum Gasteiger partial charge on any atom is 0.407 e. The average Bonchev–Trinajstić information content (AvgIpc) is 2.94. The number of carbonyl (C=O) groups is 1. The number of hydrogen-bond acceptors (Lipinski definition) is 4. The van der Waals surface area contributed by atoms with Gasteiger partial charge in [0, 0.05) is 31.8 Å². The van der Waals surface area contributed by atoms with Crippen LogP contribution in [-0.2, 0) is 5.79 Å². The van der Waals surface area contributed by atoms with Crippen LogP contribution in [0.1, 0.15) is 24.1 Å². The molecule has 5 rings (SSSR count). The first-order valence-electron chi connectivity index (χ1n) is 8.57. The van der Waals surface area contributed by atoms with Crippen molar-refractivity contribution in [2.45, 2.75) is 18.6 Å². The van der Waals surface area contributed by atoms with Gasteiger partial charge in [-0.15, -0.1) is 0 Å². The quantitative estimate of drug-likeness (QED) is 0.870. The summed E-state index contributed by atoms with van der Waals surface area (Å²) in [7, 11) is 0. The van der Waals surface area contributed by atoms with E-state index in [9.17, 15) is 4.79 Å². The number of piperidine rings is 1. The Bertz CT molecular complexity index is 891. The van der Waals surface area contributed by atoms with Gasteiger partial charge in [-0.2, -0.15) is 0 Å². The fraction of sp³-hybridized carbons (Fsp3) is 0.368. The van der Waals surface area contributed by atoms with Crippen molar-refractivity contribution in [3.8, 4) is 11.5 Å². The highest BCUT2D eigenvalue weighted by atomic mass is 35.5. The van der Waals surface area contributed by atoms with Crippen molar-refractivity contribution in [3.05, 3.63) is 52.8 Å². The minimum atomic E-state index is -1.000. The van der Waals surface area contributed by atoms with Crippen LogP contribution in [0.15, 0.2) is 36.5 Å². The third-order valence-electron chi connectivity index (χ3n) is 5.63. The summed E-state index contributed by atoms with van der Waals surface area (Å²) < 4.78 is 12.3. The van der Waals surface area contributed by atoms with Crippen LogP contribution in [0.4, 0.5) is 4.79 Å². The second-order valence-electron chi connectivity index (χ2n) is 7.23. The largest absolute Gasteiger partial charge is 0.465 e. The monoisotopic (exact) mass is 372 g/mol. The Hall–Kier alpha value is -2.47. The van der Waals surface area contributed by atoms with E-state index in [1.165, 1.54) is 4.90 Å². The maximum absolute atomic E-state index is 11.1. The molecule has 2 fully saturated rings. The molecular weight excluding hydrogens is 356 g/mol. The molecule has 4 atom stereocenters. The van der Waals surface area contributed by atoms with Crippen LogP contribution in [-0.4, -0.2) is 34.2 Å². The van der Waals surface area contributed by atoms with E-state index in [1.54, 1.807) is 18.3 Å². The third kappa shape index (κ3) is 2.25. The molecule has 0 spiro atoms. The Labute approximate surface area is 155 Å². The van der Waals surface area contributed by atoms with Crippen LogP contribution in [0.25, 0.3) is 0 Å². The van der Waals surface area contributed by atoms with Crippen LogP contribution in [0.3, 0.4) is 0 Å². The van der Waals surface area contributed by atoms with Crippen LogP contribution < -0.4 is 9.47 Å². The van der Waals surface area contributed by atoms with Crippen molar-refractivity contribution in [2.24, 2.45) is 11.8 Å². The minimum absolute atomic E-state index is 0.324. The molecule has 1 aromatic heterocycles. The lowest BCUT2D eigenvalue weighted by molar-refractivity contribution is -0.0721. The van der Waals surface area contributed by atoms with Crippen LogP contribution in [0, 0.1) is 11.8 Å². The number of para-hydroxylation sites is 1. The zero-order valence-electron chi connectivity index (χ0n) is 14.1. The molecule has 2 unspecified atom stereocenters. The third-order valence-corrected chi connectivity index (χ3v) is 5.85. The second-order valence-corrected chi connectivity index (χ2v) is 7.66. The average molecular weight is 373 g/mol. The fourth-order valence-electron chi connectivity index (χ4n) is 4.30. The number of likely N-dealkylation sites (tertiary alicyclic amines) is 1. The first-order valence-corrected chi connectivity index (χ1v) is 8.95. The second kappa shape index (κ2) is 5.27. The molecular formula is C19H17ClN2O4. The topological polar surface area (TPSA) is 71.9 Å². The van der Waals surface area contributed by atoms with Gasteiger partial charge in [-0.1, -0.05) is 23.7 Å². The van der Waals surface area contributed by atoms with E-state index >= 15 is 0 Å². The molecule has 26 heavy (non-hydrogen) atoms. The smallest absolute Gasteiger partial charge is 0.407 e. The van der Waals surface area contributed by atoms with E-state index in [0.717, 1.165) is 11.3 Å². The van der Waals surface area contributed by atoms with Crippen molar-refractivity contribution in [1.82, 2.24) is 9.88 Å². The van der Waals surface area contributed by atoms with Crippen molar-refractivity contribution in [2.75, 3.05) is 13.1 Å². The Morgan fingerprint density at radius 3 is 2.69 bits per heavy atom. The number of carboxylic acid groups (broad SMARTS) is 1. The molecule has 2 aromatic rings. The first kappa shape index (κ1) is 15.8. The van der Waals surface area contributed by atoms with E-state index in [1.807, 2.05) is 19.1 Å². The summed E-state index contributed by atoms with van der Waals surface area (Å²) in [6.45, 7) is 3.02. The highest BCUT2D eigenvalue weighted by Crippen LogP contribution is 2.62. The van der Waals surface area contributed by atoms with Crippen molar-refractivity contribution >= 4 is 17.7 Å². The molecule has 6 nitrogen and oxygen atoms in total. The van der Waals surface area contributed by atoms with Gasteiger partial charge < -0.3 is 19.5 Å². The molecule has 2 aliphatic heterocycles. The summed E-state index contributed by atoms with van der Waals surface area (Å²) in [4.78, 5) is 17.0. The summed E-state index contributed by atoms with van der Waals surface area (Å²) in [6.07, 6.45) is 0.736. The van der Waals surface area contributed by atoms with E-state index < -0.39 is 11.9 Å². The lowest BCUT2D eigenvalue weighted by Crippen LogP contribution is -2.32. The fourth-order valence-corrected chi connectivity index (χ4v) is 4.41. The Morgan fingerprint density at radius 1 is 1.27 bits per heavy atom. The number of nitrogens with zero attached hydrogens (tertiary/aromatic N) is 2. The molecule has 1 aromatic carbocycles. The highest BCUT2D eigenvalue weighted by Gasteiger charge is 2.59. The lowest BCUT2D eigenvalue weighted by atomic mass is 10.1. The normalized spacial score (nSPS) is 31.0. The summed E-state index contributed by atoms with van der Waals surface area (Å²) >= 11 is 5.93. The number of fused-ring (bicyclic) bond motifs is 2. The van der Waals surface area contributed by atoms with Gasteiger partial charge in [-0.25, -0.2) is 4.79 Å². The molecule has 3 heterocycles. The molecule has 7 heteroatoms. The van der Waals surface area contributed by atoms with Gasteiger partial charge in [0.2, 0.25) is 0 Å². The standard InChI is InChI=1S/C19H17ClN2O4/c1-19(15-6-5-10(20)7-21-15)25-14-4-2-3-11(17(14)26-19)16-12-8-22(18(23)24)9-13(12)16/h2-7,12-13,16H,8-9H2,1H3,(H,23,24)/t12-,13+,16?,19?. The van der Waals surface area contributed by atoms with Gasteiger partial charge in [0.25, 0.3) is 5.79 Å². The Kier molecular flexibility index (Phi) is 3.19. The first-order chi connectivity index (χ1) is 12.5. The number of hydrogen-bond donors (Lipinski definition) is 1. The predicted molar refractivity (Wildman–Crippen MR) is 93.6 cm³/mol. The van der Waals surface area contributed by atoms with Crippen molar-refractivity contribution in [1.29, 1.82) is 0 Å². The number of aromatic nitrogens is 1. The molecule has 3 aliphatic rings. The van der Waals surface area contributed by atoms with Gasteiger partial charge in [0.05, 0.1) is 5.02 Å². The number of pyridine rings is 1. The number of amides is 1. The van der Waals surface area contributed by atoms with Gasteiger partial charge in [-0.05, 0) is 36.0 Å². The van der Waals surface area contributed by atoms with Crippen molar-refractivity contribution in [3.63, 3.8) is 0 Å². The number of ether oxygens (including phenoxy) is 2. The number of halogens is 1. The molecule has 1 amide bonds. The minimum Gasteiger partial charge on any atom is -0.465 e. The molecule has 1 saturated carbocycles. The molecule has 1 aliphatic carbocycles. The number of rotatable bonds is 2. The zero-order valence-corrected chi connectivity index (χ0v) is 14.8. The van der Waals surface area contributed by atoms with E-state index in [4.69, 9.17) is 26.2 Å². The summed E-state index contributed by atoms with van der Waals surface area (Å²) in [5, 5.41) is 9.70. The lowest BCUT2D eigenvalue weighted by Gasteiger charge is -2.22. The Balaban J connectivity index is 1.42. The summed E-state index contributed by atoms with van der Waals surface area (Å²) in [5.74, 6) is 1.49. The van der Waals surface area contributed by atoms with Gasteiger partial charge in [-0.3, -0.25) is 4.98 Å². The predicted octanol–water partition coefficient (Wildman–Crippen LogP) is 3.70. The summed E-state index contributed by atoms with van der Waals surface area (Å²) in [6, 6.07) is 9.46. The van der Waals surface area contributed by atoms with Gasteiger partial charge in [0.1, 0.15) is 5.69 Å². The summed E-state index contributed by atoms with van der Waals surface area (Å²) in [5.41, 5.74) is 1.75. The van der Waals surface area contributed by atoms with E-state index in [-0.39, 0.29) is 0 Å². The molecule has 1 saturated heterocycles. The van der Waals surface area contributed by atoms with Crippen LogP contribution >= 0.6 is 11.6 Å². The molecule has 134 valence electrons.